The molecule has 5 aromatic rings. The van der Waals surface area contributed by atoms with Crippen LogP contribution in [0, 0.1) is 0 Å². The largest absolute Gasteiger partial charge is 0.357 e. The molecule has 2 aromatic carbocycles. The predicted octanol–water partition coefficient (Wildman–Crippen LogP) is 5.42. The molecule has 0 aliphatic heterocycles. The highest BCUT2D eigenvalue weighted by atomic mass is 35.5. The van der Waals surface area contributed by atoms with Crippen LogP contribution in [-0.4, -0.2) is 25.4 Å². The number of H-pyrrole nitrogens is 1. The van der Waals surface area contributed by atoms with Gasteiger partial charge in [0.1, 0.15) is 12.2 Å². The molecule has 3 aromatic heterocycles. The third-order valence-electron chi connectivity index (χ3n) is 7.58. The smallest absolute Gasteiger partial charge is 0.273 e. The van der Waals surface area contributed by atoms with Crippen molar-refractivity contribution in [3.63, 3.8) is 0 Å². The Balaban J connectivity index is 1.23. The Hall–Kier alpha value is -4.23. The van der Waals surface area contributed by atoms with Gasteiger partial charge in [-0.15, -0.1) is 0 Å². The molecule has 6 rings (SSSR count). The highest BCUT2D eigenvalue weighted by molar-refractivity contribution is 6.30. The first-order chi connectivity index (χ1) is 19.0. The molecule has 0 atom stereocenters. The summed E-state index contributed by atoms with van der Waals surface area (Å²) in [5.41, 5.74) is 4.77. The molecule has 1 fully saturated rings. The van der Waals surface area contributed by atoms with Crippen molar-refractivity contribution in [2.75, 3.05) is 0 Å². The van der Waals surface area contributed by atoms with Gasteiger partial charge < -0.3 is 10.3 Å². The number of hydrogen-bond donors (Lipinski definition) is 2. The molecule has 1 saturated carbocycles. The van der Waals surface area contributed by atoms with Crippen LogP contribution in [0.2, 0.25) is 5.02 Å². The molecule has 39 heavy (non-hydrogen) atoms. The molecule has 2 N–H and O–H groups in total. The summed E-state index contributed by atoms with van der Waals surface area (Å²) in [4.78, 5) is 38.8. The maximum atomic E-state index is 13.7. The first kappa shape index (κ1) is 25.1. The molecule has 0 unspecified atom stereocenters. The van der Waals surface area contributed by atoms with Gasteiger partial charge in [-0.1, -0.05) is 54.1 Å². The van der Waals surface area contributed by atoms with E-state index in [9.17, 15) is 9.59 Å². The van der Waals surface area contributed by atoms with Gasteiger partial charge in [0.15, 0.2) is 0 Å². The molecule has 3 heterocycles. The lowest BCUT2D eigenvalue weighted by atomic mass is 9.90. The summed E-state index contributed by atoms with van der Waals surface area (Å²) >= 11 is 6.24. The fourth-order valence-corrected chi connectivity index (χ4v) is 5.42. The predicted molar refractivity (Wildman–Crippen MR) is 153 cm³/mol. The zero-order chi connectivity index (χ0) is 26.8. The Bertz CT molecular complexity index is 1670. The minimum absolute atomic E-state index is 0.0361. The molecule has 0 bridgehead atoms. The van der Waals surface area contributed by atoms with E-state index in [1.807, 2.05) is 60.7 Å². The molecular weight excluding hydrogens is 510 g/mol. The second kappa shape index (κ2) is 10.5. The lowest BCUT2D eigenvalue weighted by Gasteiger charge is -2.17. The van der Waals surface area contributed by atoms with Gasteiger partial charge in [-0.25, -0.2) is 0 Å². The number of aromatic nitrogens is 4. The van der Waals surface area contributed by atoms with Crippen LogP contribution < -0.4 is 10.9 Å². The van der Waals surface area contributed by atoms with Crippen LogP contribution in [0.25, 0.3) is 22.2 Å². The van der Waals surface area contributed by atoms with Crippen LogP contribution in [0.1, 0.15) is 36.2 Å². The first-order valence-corrected chi connectivity index (χ1v) is 13.5. The monoisotopic (exact) mass is 537 g/mol. The Morgan fingerprint density at radius 2 is 1.90 bits per heavy atom. The van der Waals surface area contributed by atoms with Crippen molar-refractivity contribution in [1.82, 2.24) is 24.8 Å². The molecule has 0 radical (unpaired) electrons. The standard InChI is InChI=1S/C31H28ClN5O2/c32-24-8-4-7-23(16-24)31(12-13-31)11-9-27-30(39)37(28(19-34-27)21-5-2-1-3-6-21)20-29(38)35-18-25-15-22-17-33-14-10-26(22)36-25/h1-8,10,14-17,19,36H,9,11-13,18,20H2,(H,35,38). The van der Waals surface area contributed by atoms with Gasteiger partial charge >= 0.3 is 0 Å². The SMILES string of the molecule is O=C(Cn1c(-c2ccccc2)cnc(CCC2(c3cccc(Cl)c3)CC2)c1=O)NCc1cc2cnccc2[nH]1. The summed E-state index contributed by atoms with van der Waals surface area (Å²) in [6, 6.07) is 21.4. The molecule has 0 spiro atoms. The average Bonchev–Trinajstić information content (AvgIpc) is 3.63. The van der Waals surface area contributed by atoms with Crippen LogP contribution in [0.4, 0.5) is 0 Å². The van der Waals surface area contributed by atoms with Crippen molar-refractivity contribution in [3.05, 3.63) is 118 Å². The van der Waals surface area contributed by atoms with Crippen molar-refractivity contribution in [2.45, 2.75) is 44.2 Å². The maximum Gasteiger partial charge on any atom is 0.273 e. The van der Waals surface area contributed by atoms with Gasteiger partial charge in [-0.2, -0.15) is 0 Å². The lowest BCUT2D eigenvalue weighted by Crippen LogP contribution is -2.35. The number of nitrogens with one attached hydrogen (secondary N) is 2. The van der Waals surface area contributed by atoms with E-state index in [1.54, 1.807) is 23.2 Å². The Morgan fingerprint density at radius 1 is 1.05 bits per heavy atom. The zero-order valence-electron chi connectivity index (χ0n) is 21.4. The fraction of sp³-hybridized carbons (Fsp3) is 0.226. The molecule has 1 amide bonds. The Labute approximate surface area is 230 Å². The number of benzene rings is 2. The van der Waals surface area contributed by atoms with Crippen LogP contribution in [0.3, 0.4) is 0 Å². The van der Waals surface area contributed by atoms with Gasteiger partial charge in [0.05, 0.1) is 18.4 Å². The number of halogens is 1. The normalized spacial score (nSPS) is 13.9. The molecule has 0 saturated heterocycles. The summed E-state index contributed by atoms with van der Waals surface area (Å²) in [5, 5.41) is 4.65. The number of aromatic amines is 1. The molecule has 7 nitrogen and oxygen atoms in total. The van der Waals surface area contributed by atoms with E-state index in [-0.39, 0.29) is 23.4 Å². The second-order valence-electron chi connectivity index (χ2n) is 10.2. The number of carbonyl (C=O) groups is 1. The highest BCUT2D eigenvalue weighted by Crippen LogP contribution is 2.51. The van der Waals surface area contributed by atoms with E-state index in [0.717, 1.165) is 46.4 Å². The van der Waals surface area contributed by atoms with Crippen LogP contribution >= 0.6 is 11.6 Å². The second-order valence-corrected chi connectivity index (χ2v) is 10.6. The molecular formula is C31H28ClN5O2. The Kier molecular flexibility index (Phi) is 6.75. The topological polar surface area (TPSA) is 92.7 Å². The minimum Gasteiger partial charge on any atom is -0.357 e. The number of aryl methyl sites for hydroxylation is 1. The number of nitrogens with zero attached hydrogens (tertiary/aromatic N) is 3. The van der Waals surface area contributed by atoms with Crippen LogP contribution in [-0.2, 0) is 29.7 Å². The van der Waals surface area contributed by atoms with Crippen molar-refractivity contribution in [1.29, 1.82) is 0 Å². The van der Waals surface area contributed by atoms with E-state index in [0.29, 0.717) is 24.4 Å². The van der Waals surface area contributed by atoms with Gasteiger partial charge in [0.2, 0.25) is 5.91 Å². The minimum atomic E-state index is -0.249. The van der Waals surface area contributed by atoms with E-state index < -0.39 is 0 Å². The van der Waals surface area contributed by atoms with E-state index >= 15 is 0 Å². The summed E-state index contributed by atoms with van der Waals surface area (Å²) in [6.07, 6.45) is 8.68. The van der Waals surface area contributed by atoms with E-state index in [1.165, 1.54) is 5.56 Å². The molecule has 196 valence electrons. The summed E-state index contributed by atoms with van der Waals surface area (Å²) < 4.78 is 1.54. The molecule has 8 heteroatoms. The van der Waals surface area contributed by atoms with Crippen molar-refractivity contribution in [3.8, 4) is 11.3 Å². The van der Waals surface area contributed by atoms with Crippen LogP contribution in [0.5, 0.6) is 0 Å². The lowest BCUT2D eigenvalue weighted by molar-refractivity contribution is -0.121. The summed E-state index contributed by atoms with van der Waals surface area (Å²) in [6.45, 7) is 0.225. The van der Waals surface area contributed by atoms with E-state index in [4.69, 9.17) is 11.6 Å². The third-order valence-corrected chi connectivity index (χ3v) is 7.82. The highest BCUT2D eigenvalue weighted by Gasteiger charge is 2.43. The first-order valence-electron chi connectivity index (χ1n) is 13.1. The average molecular weight is 538 g/mol. The number of hydrogen-bond acceptors (Lipinski definition) is 4. The molecule has 1 aliphatic carbocycles. The van der Waals surface area contributed by atoms with Crippen molar-refractivity contribution in [2.24, 2.45) is 0 Å². The van der Waals surface area contributed by atoms with Gasteiger partial charge in [-0.3, -0.25) is 24.1 Å². The summed E-state index contributed by atoms with van der Waals surface area (Å²) in [5.74, 6) is -0.249. The van der Waals surface area contributed by atoms with Gasteiger partial charge in [0.25, 0.3) is 5.56 Å². The number of pyridine rings is 1. The fourth-order valence-electron chi connectivity index (χ4n) is 5.23. The van der Waals surface area contributed by atoms with Crippen molar-refractivity contribution >= 4 is 28.4 Å². The molecule has 1 aliphatic rings. The van der Waals surface area contributed by atoms with Gasteiger partial charge in [-0.05, 0) is 66.5 Å². The van der Waals surface area contributed by atoms with Crippen molar-refractivity contribution < 1.29 is 4.79 Å². The van der Waals surface area contributed by atoms with Gasteiger partial charge in [0, 0.05) is 34.0 Å². The third kappa shape index (κ3) is 5.36. The number of carbonyl (C=O) groups excluding carboxylic acids is 1. The number of fused-ring (bicyclic) bond motifs is 1. The maximum absolute atomic E-state index is 13.7. The number of amides is 1. The zero-order valence-corrected chi connectivity index (χ0v) is 22.1. The summed E-state index contributed by atoms with van der Waals surface area (Å²) in [7, 11) is 0. The number of rotatable bonds is 9. The van der Waals surface area contributed by atoms with Crippen LogP contribution in [0.15, 0.2) is 90.1 Å². The van der Waals surface area contributed by atoms with E-state index in [2.05, 4.69) is 26.3 Å². The Morgan fingerprint density at radius 3 is 2.67 bits per heavy atom. The quantitative estimate of drug-likeness (QED) is 0.262.